The van der Waals surface area contributed by atoms with E-state index in [-0.39, 0.29) is 17.8 Å². The molecule has 2 amide bonds. The zero-order chi connectivity index (χ0) is 18.5. The summed E-state index contributed by atoms with van der Waals surface area (Å²) in [6.45, 7) is 0.125. The molecular weight excluding hydrogens is 368 g/mol. The van der Waals surface area contributed by atoms with Gasteiger partial charge in [-0.05, 0) is 66.1 Å². The molecule has 7 heteroatoms. The Balaban J connectivity index is 1.66. The largest absolute Gasteiger partial charge is 0.497 e. The number of ether oxygens (including phenoxy) is 1. The number of rotatable bonds is 6. The third kappa shape index (κ3) is 4.23. The zero-order valence-electron chi connectivity index (χ0n) is 14.4. The summed E-state index contributed by atoms with van der Waals surface area (Å²) in [5.74, 6) is 0.465. The molecule has 0 unspecified atom stereocenters. The molecule has 1 fully saturated rings. The average Bonchev–Trinajstić information content (AvgIpc) is 2.94. The minimum Gasteiger partial charge on any atom is -0.497 e. The highest BCUT2D eigenvalue weighted by molar-refractivity contribution is 8.18. The lowest BCUT2D eigenvalue weighted by atomic mass is 10.2. The maximum atomic E-state index is 12.5. The van der Waals surface area contributed by atoms with Gasteiger partial charge in [-0.3, -0.25) is 14.5 Å². The monoisotopic (exact) mass is 386 g/mol. The second-order valence-electron chi connectivity index (χ2n) is 5.45. The molecule has 134 valence electrons. The molecular formula is C19H18N2O3S2. The van der Waals surface area contributed by atoms with E-state index in [4.69, 9.17) is 4.74 Å². The quantitative estimate of drug-likeness (QED) is 0.582. The van der Waals surface area contributed by atoms with Crippen molar-refractivity contribution in [3.63, 3.8) is 0 Å². The van der Waals surface area contributed by atoms with Gasteiger partial charge in [-0.2, -0.15) is 0 Å². The number of hydrogen-bond donors (Lipinski definition) is 1. The van der Waals surface area contributed by atoms with Gasteiger partial charge in [-0.15, -0.1) is 11.8 Å². The number of anilines is 1. The smallest absolute Gasteiger partial charge is 0.295 e. The van der Waals surface area contributed by atoms with Gasteiger partial charge in [0.25, 0.3) is 11.1 Å². The van der Waals surface area contributed by atoms with Gasteiger partial charge in [-0.1, -0.05) is 12.1 Å². The van der Waals surface area contributed by atoms with Crippen LogP contribution in [0.25, 0.3) is 6.08 Å². The van der Waals surface area contributed by atoms with E-state index >= 15 is 0 Å². The Hall–Kier alpha value is -2.38. The highest BCUT2D eigenvalue weighted by Gasteiger charge is 2.34. The van der Waals surface area contributed by atoms with E-state index in [2.05, 4.69) is 5.32 Å². The molecule has 3 rings (SSSR count). The van der Waals surface area contributed by atoms with E-state index in [0.717, 1.165) is 33.7 Å². The molecule has 1 saturated heterocycles. The van der Waals surface area contributed by atoms with E-state index in [1.54, 1.807) is 24.9 Å². The molecule has 0 saturated carbocycles. The lowest BCUT2D eigenvalue weighted by molar-refractivity contribution is -0.122. The van der Waals surface area contributed by atoms with Crippen LogP contribution >= 0.6 is 23.5 Å². The molecule has 1 aliphatic heterocycles. The number of amides is 2. The number of methoxy groups -OCH3 is 1. The van der Waals surface area contributed by atoms with Crippen LogP contribution in [0.3, 0.4) is 0 Å². The average molecular weight is 386 g/mol. The summed E-state index contributed by atoms with van der Waals surface area (Å²) in [6.07, 6.45) is 3.76. The van der Waals surface area contributed by atoms with E-state index in [1.165, 1.54) is 4.90 Å². The molecule has 1 aliphatic rings. The van der Waals surface area contributed by atoms with Gasteiger partial charge in [0.2, 0.25) is 0 Å². The van der Waals surface area contributed by atoms with Gasteiger partial charge in [0, 0.05) is 10.6 Å². The summed E-state index contributed by atoms with van der Waals surface area (Å²) in [4.78, 5) is 27.5. The van der Waals surface area contributed by atoms with Crippen molar-refractivity contribution >= 4 is 46.4 Å². The van der Waals surface area contributed by atoms with E-state index in [0.29, 0.717) is 4.91 Å². The predicted octanol–water partition coefficient (Wildman–Crippen LogP) is 4.52. The minimum absolute atomic E-state index is 0.125. The number of carbonyl (C=O) groups excluding carboxylic acids is 2. The SMILES string of the molecule is COc1ccc(NCN2C(=O)S/C(=C\c3ccc(SC)cc3)C2=O)cc1. The highest BCUT2D eigenvalue weighted by Crippen LogP contribution is 2.32. The summed E-state index contributed by atoms with van der Waals surface area (Å²) in [5, 5.41) is 2.81. The molecule has 0 radical (unpaired) electrons. The fourth-order valence-corrected chi connectivity index (χ4v) is 3.61. The van der Waals surface area contributed by atoms with Crippen LogP contribution in [0.15, 0.2) is 58.3 Å². The summed E-state index contributed by atoms with van der Waals surface area (Å²) in [6, 6.07) is 15.2. The number of nitrogens with one attached hydrogen (secondary N) is 1. The Morgan fingerprint density at radius 3 is 2.42 bits per heavy atom. The van der Waals surface area contributed by atoms with Gasteiger partial charge in [0.1, 0.15) is 5.75 Å². The van der Waals surface area contributed by atoms with Crippen LogP contribution < -0.4 is 10.1 Å². The molecule has 1 N–H and O–H groups in total. The number of thioether (sulfide) groups is 2. The minimum atomic E-state index is -0.282. The van der Waals surface area contributed by atoms with Gasteiger partial charge < -0.3 is 10.1 Å². The lowest BCUT2D eigenvalue weighted by Crippen LogP contribution is -2.33. The van der Waals surface area contributed by atoms with E-state index in [1.807, 2.05) is 54.8 Å². The Morgan fingerprint density at radius 2 is 1.81 bits per heavy atom. The Morgan fingerprint density at radius 1 is 1.12 bits per heavy atom. The zero-order valence-corrected chi connectivity index (χ0v) is 16.0. The van der Waals surface area contributed by atoms with Crippen molar-refractivity contribution in [1.29, 1.82) is 0 Å². The van der Waals surface area contributed by atoms with Crippen molar-refractivity contribution in [3.05, 3.63) is 59.0 Å². The fourth-order valence-electron chi connectivity index (χ4n) is 2.37. The number of benzene rings is 2. The van der Waals surface area contributed by atoms with Crippen molar-refractivity contribution < 1.29 is 14.3 Å². The summed E-state index contributed by atoms with van der Waals surface area (Å²) in [7, 11) is 1.60. The third-order valence-corrected chi connectivity index (χ3v) is 5.47. The van der Waals surface area contributed by atoms with Gasteiger partial charge in [-0.25, -0.2) is 0 Å². The molecule has 2 aromatic rings. The first-order valence-corrected chi connectivity index (χ1v) is 9.92. The van der Waals surface area contributed by atoms with Crippen LogP contribution in [0.4, 0.5) is 10.5 Å². The van der Waals surface area contributed by atoms with Gasteiger partial charge in [0.05, 0.1) is 18.7 Å². The van der Waals surface area contributed by atoms with Crippen LogP contribution in [0.5, 0.6) is 5.75 Å². The summed E-state index contributed by atoms with van der Waals surface area (Å²) < 4.78 is 5.11. The first-order chi connectivity index (χ1) is 12.6. The van der Waals surface area contributed by atoms with Crippen molar-refractivity contribution in [3.8, 4) is 5.75 Å². The summed E-state index contributed by atoms with van der Waals surface area (Å²) in [5.41, 5.74) is 1.71. The van der Waals surface area contributed by atoms with Crippen LogP contribution in [0.2, 0.25) is 0 Å². The van der Waals surface area contributed by atoms with Crippen molar-refractivity contribution in [2.45, 2.75) is 4.90 Å². The normalized spacial score (nSPS) is 15.6. The highest BCUT2D eigenvalue weighted by atomic mass is 32.2. The maximum absolute atomic E-state index is 12.5. The number of hydrogen-bond acceptors (Lipinski definition) is 6. The molecule has 0 spiro atoms. The van der Waals surface area contributed by atoms with E-state index in [9.17, 15) is 9.59 Å². The molecule has 26 heavy (non-hydrogen) atoms. The maximum Gasteiger partial charge on any atom is 0.295 e. The first-order valence-electron chi connectivity index (χ1n) is 7.88. The molecule has 1 heterocycles. The molecule has 2 aromatic carbocycles. The number of carbonyl (C=O) groups is 2. The number of imide groups is 1. The van der Waals surface area contributed by atoms with Crippen LogP contribution in [-0.2, 0) is 4.79 Å². The van der Waals surface area contributed by atoms with Crippen molar-refractivity contribution in [1.82, 2.24) is 4.90 Å². The molecule has 0 aliphatic carbocycles. The van der Waals surface area contributed by atoms with Crippen molar-refractivity contribution in [2.75, 3.05) is 25.4 Å². The van der Waals surface area contributed by atoms with Gasteiger partial charge >= 0.3 is 0 Å². The van der Waals surface area contributed by atoms with Crippen LogP contribution in [0, 0.1) is 0 Å². The van der Waals surface area contributed by atoms with Crippen LogP contribution in [0.1, 0.15) is 5.56 Å². The Kier molecular flexibility index (Phi) is 5.90. The molecule has 5 nitrogen and oxygen atoms in total. The van der Waals surface area contributed by atoms with Crippen molar-refractivity contribution in [2.24, 2.45) is 0 Å². The summed E-state index contributed by atoms with van der Waals surface area (Å²) >= 11 is 2.62. The fraction of sp³-hybridized carbons (Fsp3) is 0.158. The Labute approximate surface area is 160 Å². The first kappa shape index (κ1) is 18.4. The molecule has 0 aromatic heterocycles. The van der Waals surface area contributed by atoms with Crippen LogP contribution in [-0.4, -0.2) is 36.1 Å². The molecule has 0 bridgehead atoms. The van der Waals surface area contributed by atoms with E-state index < -0.39 is 0 Å². The standard InChI is InChI=1S/C19H18N2O3S2/c1-24-15-7-5-14(6-8-15)20-12-21-18(22)17(26-19(21)23)11-13-3-9-16(25-2)10-4-13/h3-11,20H,12H2,1-2H3/b17-11-. The molecule has 0 atom stereocenters. The second-order valence-corrected chi connectivity index (χ2v) is 7.32. The predicted molar refractivity (Wildman–Crippen MR) is 108 cm³/mol. The topological polar surface area (TPSA) is 58.6 Å². The second kappa shape index (κ2) is 8.33. The Bertz CT molecular complexity index is 833. The van der Waals surface area contributed by atoms with Gasteiger partial charge in [0.15, 0.2) is 0 Å². The third-order valence-electron chi connectivity index (χ3n) is 3.82. The lowest BCUT2D eigenvalue weighted by Gasteiger charge is -2.14. The number of nitrogens with zero attached hydrogens (tertiary/aromatic N) is 1.